The predicted octanol–water partition coefficient (Wildman–Crippen LogP) is 0.659. The molecule has 1 N–H and O–H groups in total. The standard InChI is InChI=1S/C18H28N2O4/c1-11(2)19-16(21)14-7-20(10-18(14)3-5-23-6-4-18)17(22)15-12-8-24-9-13(12)15/h11-15H,3-10H2,1-2H3,(H,19,21)/t12-,13+,14?,15?. The molecular weight excluding hydrogens is 308 g/mol. The molecule has 134 valence electrons. The van der Waals surface area contributed by atoms with Gasteiger partial charge in [-0.15, -0.1) is 0 Å². The van der Waals surface area contributed by atoms with Gasteiger partial charge < -0.3 is 19.7 Å². The number of rotatable bonds is 3. The molecule has 1 aliphatic carbocycles. The van der Waals surface area contributed by atoms with E-state index in [0.717, 1.165) is 26.1 Å². The quantitative estimate of drug-likeness (QED) is 0.822. The van der Waals surface area contributed by atoms with Crippen LogP contribution in [0.2, 0.25) is 0 Å². The molecule has 2 amide bonds. The van der Waals surface area contributed by atoms with E-state index in [1.165, 1.54) is 0 Å². The predicted molar refractivity (Wildman–Crippen MR) is 87.1 cm³/mol. The summed E-state index contributed by atoms with van der Waals surface area (Å²) in [5.74, 6) is 1.23. The van der Waals surface area contributed by atoms with Gasteiger partial charge in [-0.1, -0.05) is 0 Å². The van der Waals surface area contributed by atoms with Gasteiger partial charge in [-0.05, 0) is 38.5 Å². The number of ether oxygens (including phenoxy) is 2. The van der Waals surface area contributed by atoms with Gasteiger partial charge in [0.1, 0.15) is 0 Å². The third-order valence-electron chi connectivity index (χ3n) is 6.43. The van der Waals surface area contributed by atoms with E-state index in [4.69, 9.17) is 9.47 Å². The molecule has 3 saturated heterocycles. The average Bonchev–Trinajstić information content (AvgIpc) is 2.89. The van der Waals surface area contributed by atoms with Gasteiger partial charge in [0, 0.05) is 43.7 Å². The smallest absolute Gasteiger partial charge is 0.226 e. The molecule has 6 heteroatoms. The van der Waals surface area contributed by atoms with Gasteiger partial charge in [0.25, 0.3) is 0 Å². The molecule has 4 aliphatic rings. The number of amides is 2. The van der Waals surface area contributed by atoms with Crippen molar-refractivity contribution >= 4 is 11.8 Å². The van der Waals surface area contributed by atoms with Crippen molar-refractivity contribution < 1.29 is 19.1 Å². The highest BCUT2D eigenvalue weighted by Crippen LogP contribution is 2.53. The molecule has 6 nitrogen and oxygen atoms in total. The number of nitrogens with one attached hydrogen (secondary N) is 1. The normalized spacial score (nSPS) is 36.9. The van der Waals surface area contributed by atoms with Gasteiger partial charge in [-0.3, -0.25) is 9.59 Å². The van der Waals surface area contributed by atoms with Crippen molar-refractivity contribution in [1.29, 1.82) is 0 Å². The second-order valence-corrected chi connectivity index (χ2v) is 8.30. The molecular formula is C18H28N2O4. The maximum Gasteiger partial charge on any atom is 0.226 e. The third-order valence-corrected chi connectivity index (χ3v) is 6.43. The van der Waals surface area contributed by atoms with Gasteiger partial charge in [-0.25, -0.2) is 0 Å². The zero-order valence-corrected chi connectivity index (χ0v) is 14.6. The van der Waals surface area contributed by atoms with Crippen LogP contribution in [-0.4, -0.2) is 62.3 Å². The number of carbonyl (C=O) groups excluding carboxylic acids is 2. The van der Waals surface area contributed by atoms with Crippen molar-refractivity contribution in [3.05, 3.63) is 0 Å². The van der Waals surface area contributed by atoms with E-state index in [2.05, 4.69) is 5.32 Å². The Bertz CT molecular complexity index is 519. The molecule has 4 atom stereocenters. The summed E-state index contributed by atoms with van der Waals surface area (Å²) in [6.45, 7) is 8.08. The number of likely N-dealkylation sites (tertiary alicyclic amines) is 1. The fourth-order valence-electron chi connectivity index (χ4n) is 4.98. The van der Waals surface area contributed by atoms with Gasteiger partial charge in [0.15, 0.2) is 0 Å². The summed E-state index contributed by atoms with van der Waals surface area (Å²) in [4.78, 5) is 27.7. The first-order valence-corrected chi connectivity index (χ1v) is 9.26. The van der Waals surface area contributed by atoms with E-state index < -0.39 is 0 Å². The first-order chi connectivity index (χ1) is 11.5. The Morgan fingerprint density at radius 2 is 1.79 bits per heavy atom. The molecule has 0 aromatic carbocycles. The van der Waals surface area contributed by atoms with Gasteiger partial charge in [0.05, 0.1) is 19.1 Å². The van der Waals surface area contributed by atoms with Crippen LogP contribution in [0.25, 0.3) is 0 Å². The van der Waals surface area contributed by atoms with Gasteiger partial charge >= 0.3 is 0 Å². The van der Waals surface area contributed by atoms with Crippen molar-refractivity contribution in [2.75, 3.05) is 39.5 Å². The van der Waals surface area contributed by atoms with Crippen molar-refractivity contribution in [3.8, 4) is 0 Å². The number of hydrogen-bond acceptors (Lipinski definition) is 4. The Labute approximate surface area is 143 Å². The van der Waals surface area contributed by atoms with Gasteiger partial charge in [-0.2, -0.15) is 0 Å². The summed E-state index contributed by atoms with van der Waals surface area (Å²) in [7, 11) is 0. The van der Waals surface area contributed by atoms with Crippen LogP contribution in [0.3, 0.4) is 0 Å². The van der Waals surface area contributed by atoms with E-state index in [-0.39, 0.29) is 35.1 Å². The number of hydrogen-bond donors (Lipinski definition) is 1. The van der Waals surface area contributed by atoms with E-state index in [0.29, 0.717) is 38.1 Å². The minimum atomic E-state index is -0.109. The summed E-state index contributed by atoms with van der Waals surface area (Å²) in [6.07, 6.45) is 1.74. The molecule has 3 aliphatic heterocycles. The highest BCUT2D eigenvalue weighted by atomic mass is 16.5. The Morgan fingerprint density at radius 1 is 1.12 bits per heavy atom. The molecule has 4 rings (SSSR count). The summed E-state index contributed by atoms with van der Waals surface area (Å²) < 4.78 is 10.9. The zero-order valence-electron chi connectivity index (χ0n) is 14.6. The lowest BCUT2D eigenvalue weighted by Crippen LogP contribution is -2.46. The first-order valence-electron chi connectivity index (χ1n) is 9.26. The van der Waals surface area contributed by atoms with Crippen LogP contribution >= 0.6 is 0 Å². The summed E-state index contributed by atoms with van der Waals surface area (Å²) in [6, 6.07) is 0.124. The Kier molecular flexibility index (Phi) is 4.07. The third kappa shape index (κ3) is 2.64. The minimum Gasteiger partial charge on any atom is -0.381 e. The zero-order chi connectivity index (χ0) is 16.9. The fourth-order valence-corrected chi connectivity index (χ4v) is 4.98. The van der Waals surface area contributed by atoms with Crippen LogP contribution in [0, 0.1) is 29.1 Å². The number of fused-ring (bicyclic) bond motifs is 1. The molecule has 0 aromatic heterocycles. The van der Waals surface area contributed by atoms with Crippen molar-refractivity contribution in [2.45, 2.75) is 32.7 Å². The molecule has 1 spiro atoms. The maximum atomic E-state index is 12.9. The van der Waals surface area contributed by atoms with Crippen LogP contribution in [0.15, 0.2) is 0 Å². The topological polar surface area (TPSA) is 67.9 Å². The molecule has 1 saturated carbocycles. The van der Waals surface area contributed by atoms with Crippen LogP contribution in [0.4, 0.5) is 0 Å². The molecule has 0 bridgehead atoms. The molecule has 24 heavy (non-hydrogen) atoms. The SMILES string of the molecule is CC(C)NC(=O)C1CN(C(=O)C2[C@H]3COC[C@@H]23)CC12CCOCC2. The largest absolute Gasteiger partial charge is 0.381 e. The Hall–Kier alpha value is -1.14. The Balaban J connectivity index is 1.49. The average molecular weight is 336 g/mol. The van der Waals surface area contributed by atoms with Crippen LogP contribution in [0.5, 0.6) is 0 Å². The summed E-state index contributed by atoms with van der Waals surface area (Å²) in [5, 5.41) is 3.06. The lowest BCUT2D eigenvalue weighted by Gasteiger charge is -2.37. The number of nitrogens with zero attached hydrogens (tertiary/aromatic N) is 1. The molecule has 0 radical (unpaired) electrons. The second kappa shape index (κ2) is 5.99. The summed E-state index contributed by atoms with van der Waals surface area (Å²) in [5.41, 5.74) is -0.104. The second-order valence-electron chi connectivity index (χ2n) is 8.30. The highest BCUT2D eigenvalue weighted by Gasteiger charge is 2.61. The molecule has 4 fully saturated rings. The van der Waals surface area contributed by atoms with E-state index in [1.54, 1.807) is 0 Å². The highest BCUT2D eigenvalue weighted by molar-refractivity contribution is 5.86. The molecule has 2 unspecified atom stereocenters. The lowest BCUT2D eigenvalue weighted by atomic mass is 9.71. The van der Waals surface area contributed by atoms with Crippen molar-refractivity contribution in [3.63, 3.8) is 0 Å². The van der Waals surface area contributed by atoms with Crippen LogP contribution in [0.1, 0.15) is 26.7 Å². The van der Waals surface area contributed by atoms with Crippen LogP contribution < -0.4 is 5.32 Å². The van der Waals surface area contributed by atoms with E-state index in [1.807, 2.05) is 18.7 Å². The van der Waals surface area contributed by atoms with E-state index in [9.17, 15) is 9.59 Å². The van der Waals surface area contributed by atoms with E-state index >= 15 is 0 Å². The summed E-state index contributed by atoms with van der Waals surface area (Å²) >= 11 is 0. The molecule has 0 aromatic rings. The minimum absolute atomic E-state index is 0.0986. The van der Waals surface area contributed by atoms with Crippen molar-refractivity contribution in [2.24, 2.45) is 29.1 Å². The molecule has 3 heterocycles. The van der Waals surface area contributed by atoms with Gasteiger partial charge in [0.2, 0.25) is 11.8 Å². The number of carbonyl (C=O) groups is 2. The first kappa shape index (κ1) is 16.3. The lowest BCUT2D eigenvalue weighted by molar-refractivity contribution is -0.133. The van der Waals surface area contributed by atoms with Crippen LogP contribution in [-0.2, 0) is 19.1 Å². The van der Waals surface area contributed by atoms with Crippen molar-refractivity contribution in [1.82, 2.24) is 10.2 Å². The fraction of sp³-hybridized carbons (Fsp3) is 0.889. The maximum absolute atomic E-state index is 12.9. The Morgan fingerprint density at radius 3 is 2.42 bits per heavy atom. The monoisotopic (exact) mass is 336 g/mol.